The summed E-state index contributed by atoms with van der Waals surface area (Å²) in [5.41, 5.74) is 5.47. The second kappa shape index (κ2) is 2.79. The van der Waals surface area contributed by atoms with Gasteiger partial charge in [-0.3, -0.25) is 4.57 Å². The minimum atomic E-state index is -4.41. The van der Waals surface area contributed by atoms with E-state index in [0.717, 1.165) is 12.1 Å². The highest BCUT2D eigenvalue weighted by molar-refractivity contribution is 7.60. The standard InChI is InChI=1S/C6H8NO4P/c7-4-1-2-5(8)6(3-4)12(9,10)11/h1-3,8H,7H2,(H2,9,10,11). The number of benzene rings is 1. The molecule has 0 unspecified atom stereocenters. The summed E-state index contributed by atoms with van der Waals surface area (Å²) in [6, 6.07) is 3.55. The topological polar surface area (TPSA) is 104 Å². The number of nitrogens with two attached hydrogens (primary N) is 1. The number of phenolic OH excluding ortho intramolecular Hbond substituents is 1. The molecule has 1 aromatic carbocycles. The molecule has 0 bridgehead atoms. The Morgan fingerprint density at radius 1 is 1.33 bits per heavy atom. The van der Waals surface area contributed by atoms with Crippen molar-refractivity contribution in [3.63, 3.8) is 0 Å². The summed E-state index contributed by atoms with van der Waals surface area (Å²) in [6.45, 7) is 0. The average molecular weight is 189 g/mol. The lowest BCUT2D eigenvalue weighted by Crippen LogP contribution is -2.05. The molecule has 6 heteroatoms. The molecule has 0 atom stereocenters. The molecular formula is C6H8NO4P. The molecule has 12 heavy (non-hydrogen) atoms. The minimum absolute atomic E-state index is 0.200. The Bertz CT molecular complexity index is 345. The molecule has 0 amide bonds. The third kappa shape index (κ3) is 1.76. The molecule has 0 saturated carbocycles. The van der Waals surface area contributed by atoms with E-state index in [1.165, 1.54) is 6.07 Å². The van der Waals surface area contributed by atoms with E-state index in [-0.39, 0.29) is 5.69 Å². The van der Waals surface area contributed by atoms with Crippen LogP contribution >= 0.6 is 7.60 Å². The molecule has 66 valence electrons. The first-order valence-corrected chi connectivity index (χ1v) is 4.67. The molecule has 0 fully saturated rings. The van der Waals surface area contributed by atoms with Crippen molar-refractivity contribution in [1.29, 1.82) is 0 Å². The molecule has 0 aliphatic carbocycles. The average Bonchev–Trinajstić information content (AvgIpc) is 1.92. The van der Waals surface area contributed by atoms with Gasteiger partial charge in [0, 0.05) is 5.69 Å². The van der Waals surface area contributed by atoms with Crippen molar-refractivity contribution in [2.75, 3.05) is 5.73 Å². The second-order valence-corrected chi connectivity index (χ2v) is 3.86. The zero-order chi connectivity index (χ0) is 9.35. The Labute approximate surface area is 68.6 Å². The monoisotopic (exact) mass is 189 g/mol. The van der Waals surface area contributed by atoms with Gasteiger partial charge in [0.25, 0.3) is 0 Å². The normalized spacial score (nSPS) is 11.5. The van der Waals surface area contributed by atoms with Crippen LogP contribution in [0.3, 0.4) is 0 Å². The van der Waals surface area contributed by atoms with Gasteiger partial charge in [-0.25, -0.2) is 0 Å². The largest absolute Gasteiger partial charge is 0.507 e. The first-order chi connectivity index (χ1) is 5.41. The SMILES string of the molecule is Nc1ccc(O)c(P(=O)(O)O)c1. The molecule has 0 aliphatic heterocycles. The Morgan fingerprint density at radius 2 is 1.92 bits per heavy atom. The second-order valence-electron chi connectivity index (χ2n) is 2.29. The van der Waals surface area contributed by atoms with Gasteiger partial charge < -0.3 is 20.6 Å². The Hall–Kier alpha value is -1.03. The summed E-state index contributed by atoms with van der Waals surface area (Å²) in [6.07, 6.45) is 0. The van der Waals surface area contributed by atoms with Gasteiger partial charge in [0.15, 0.2) is 0 Å². The molecule has 0 radical (unpaired) electrons. The van der Waals surface area contributed by atoms with Gasteiger partial charge >= 0.3 is 7.60 Å². The number of rotatable bonds is 1. The fourth-order valence-electron chi connectivity index (χ4n) is 0.774. The van der Waals surface area contributed by atoms with Crippen LogP contribution in [0.25, 0.3) is 0 Å². The molecule has 1 rings (SSSR count). The van der Waals surface area contributed by atoms with Crippen molar-refractivity contribution in [1.82, 2.24) is 0 Å². The zero-order valence-electron chi connectivity index (χ0n) is 6.01. The van der Waals surface area contributed by atoms with E-state index in [1.54, 1.807) is 0 Å². The summed E-state index contributed by atoms with van der Waals surface area (Å²) in [5, 5.41) is 8.58. The molecule has 1 aromatic rings. The van der Waals surface area contributed by atoms with E-state index in [9.17, 15) is 4.57 Å². The van der Waals surface area contributed by atoms with Gasteiger partial charge in [0.2, 0.25) is 0 Å². The van der Waals surface area contributed by atoms with Gasteiger partial charge in [-0.2, -0.15) is 0 Å². The summed E-state index contributed by atoms with van der Waals surface area (Å²) >= 11 is 0. The number of nitrogen functional groups attached to an aromatic ring is 1. The van der Waals surface area contributed by atoms with Crippen LogP contribution in [0.15, 0.2) is 18.2 Å². The maximum atomic E-state index is 10.7. The fourth-order valence-corrected chi connectivity index (χ4v) is 1.46. The van der Waals surface area contributed by atoms with E-state index in [4.69, 9.17) is 20.6 Å². The van der Waals surface area contributed by atoms with Gasteiger partial charge in [-0.1, -0.05) is 0 Å². The lowest BCUT2D eigenvalue weighted by molar-refractivity contribution is 0.384. The van der Waals surface area contributed by atoms with Crippen LogP contribution < -0.4 is 11.0 Å². The quantitative estimate of drug-likeness (QED) is 0.277. The maximum Gasteiger partial charge on any atom is 0.360 e. The minimum Gasteiger partial charge on any atom is -0.507 e. The van der Waals surface area contributed by atoms with Crippen LogP contribution in [0.5, 0.6) is 5.75 Å². The van der Waals surface area contributed by atoms with Gasteiger partial charge in [0.1, 0.15) is 11.1 Å². The summed E-state index contributed by atoms with van der Waals surface area (Å²) < 4.78 is 10.7. The molecule has 0 aromatic heterocycles. The van der Waals surface area contributed by atoms with E-state index in [0.29, 0.717) is 0 Å². The molecule has 0 aliphatic rings. The van der Waals surface area contributed by atoms with Crippen LogP contribution in [-0.2, 0) is 4.57 Å². The van der Waals surface area contributed by atoms with Gasteiger partial charge in [-0.15, -0.1) is 0 Å². The van der Waals surface area contributed by atoms with Crippen molar-refractivity contribution >= 4 is 18.6 Å². The first kappa shape index (κ1) is 9.06. The van der Waals surface area contributed by atoms with E-state index in [1.807, 2.05) is 0 Å². The molecule has 0 saturated heterocycles. The number of hydrogen-bond donors (Lipinski definition) is 4. The van der Waals surface area contributed by atoms with E-state index < -0.39 is 18.6 Å². The number of aromatic hydroxyl groups is 1. The van der Waals surface area contributed by atoms with Crippen molar-refractivity contribution in [2.45, 2.75) is 0 Å². The fraction of sp³-hybridized carbons (Fsp3) is 0. The third-order valence-corrected chi connectivity index (χ3v) is 2.30. The number of anilines is 1. The predicted octanol–water partition coefficient (Wildman–Crippen LogP) is -0.223. The van der Waals surface area contributed by atoms with Crippen LogP contribution in [0.1, 0.15) is 0 Å². The highest BCUT2D eigenvalue weighted by Gasteiger charge is 2.21. The molecule has 5 nitrogen and oxygen atoms in total. The summed E-state index contributed by atoms with van der Waals surface area (Å²) in [4.78, 5) is 17.4. The van der Waals surface area contributed by atoms with Crippen molar-refractivity contribution in [3.05, 3.63) is 18.2 Å². The van der Waals surface area contributed by atoms with Crippen LogP contribution in [-0.4, -0.2) is 14.9 Å². The van der Waals surface area contributed by atoms with E-state index in [2.05, 4.69) is 0 Å². The molecule has 5 N–H and O–H groups in total. The van der Waals surface area contributed by atoms with Crippen molar-refractivity contribution in [3.8, 4) is 5.75 Å². The lowest BCUT2D eigenvalue weighted by atomic mass is 10.3. The molecular weight excluding hydrogens is 181 g/mol. The number of phenols is 1. The zero-order valence-corrected chi connectivity index (χ0v) is 6.90. The van der Waals surface area contributed by atoms with Crippen LogP contribution in [0, 0.1) is 0 Å². The Morgan fingerprint density at radius 3 is 2.33 bits per heavy atom. The number of hydrogen-bond acceptors (Lipinski definition) is 3. The Kier molecular flexibility index (Phi) is 2.10. The molecule has 0 heterocycles. The van der Waals surface area contributed by atoms with Crippen molar-refractivity contribution in [2.24, 2.45) is 0 Å². The van der Waals surface area contributed by atoms with E-state index >= 15 is 0 Å². The summed E-state index contributed by atoms with van der Waals surface area (Å²) in [5.74, 6) is -0.447. The van der Waals surface area contributed by atoms with Gasteiger partial charge in [0.05, 0.1) is 0 Å². The van der Waals surface area contributed by atoms with Crippen molar-refractivity contribution < 1.29 is 19.5 Å². The smallest absolute Gasteiger partial charge is 0.360 e. The van der Waals surface area contributed by atoms with Crippen LogP contribution in [0.2, 0.25) is 0 Å². The van der Waals surface area contributed by atoms with Gasteiger partial charge in [-0.05, 0) is 18.2 Å². The van der Waals surface area contributed by atoms with Crippen LogP contribution in [0.4, 0.5) is 5.69 Å². The molecule has 0 spiro atoms. The third-order valence-electron chi connectivity index (χ3n) is 1.31. The maximum absolute atomic E-state index is 10.7. The highest BCUT2D eigenvalue weighted by Crippen LogP contribution is 2.37. The predicted molar refractivity (Wildman–Crippen MR) is 44.2 cm³/mol. The highest BCUT2D eigenvalue weighted by atomic mass is 31.2. The first-order valence-electron chi connectivity index (χ1n) is 3.06. The Balaban J connectivity index is 3.33. The summed E-state index contributed by atoms with van der Waals surface area (Å²) in [7, 11) is -4.41. The lowest BCUT2D eigenvalue weighted by Gasteiger charge is -2.06.